The van der Waals surface area contributed by atoms with Crippen molar-refractivity contribution in [3.05, 3.63) is 84.2 Å². The first kappa shape index (κ1) is 24.5. The molecule has 1 unspecified atom stereocenters. The fourth-order valence-corrected chi connectivity index (χ4v) is 2.72. The van der Waals surface area contributed by atoms with E-state index in [4.69, 9.17) is 5.73 Å². The van der Waals surface area contributed by atoms with Gasteiger partial charge in [0.1, 0.15) is 5.82 Å². The molecule has 1 amide bonds. The van der Waals surface area contributed by atoms with Crippen LogP contribution in [-0.2, 0) is 11.2 Å². The number of hydrogen-bond donors (Lipinski definition) is 2. The van der Waals surface area contributed by atoms with E-state index in [9.17, 15) is 9.18 Å². The molecule has 0 fully saturated rings. The largest absolute Gasteiger partial charge is 0.359 e. The van der Waals surface area contributed by atoms with E-state index in [1.807, 2.05) is 24.3 Å². The van der Waals surface area contributed by atoms with Crippen LogP contribution in [0.1, 0.15) is 36.4 Å². The molecule has 5 heteroatoms. The third-order valence-corrected chi connectivity index (χ3v) is 4.55. The maximum atomic E-state index is 12.4. The maximum Gasteiger partial charge on any atom is 0.224 e. The Balaban J connectivity index is 0.000000308. The average Bonchev–Trinajstić information content (AvgIpc) is 2.75. The Hall–Kier alpha value is -2.50. The van der Waals surface area contributed by atoms with Gasteiger partial charge in [0.25, 0.3) is 0 Å². The van der Waals surface area contributed by atoms with Crippen LogP contribution in [0, 0.1) is 5.82 Å². The second-order valence-electron chi connectivity index (χ2n) is 7.02. The number of likely N-dealkylation sites (N-methyl/N-ethyl adjacent to an activating group) is 1. The Labute approximate surface area is 174 Å². The smallest absolute Gasteiger partial charge is 0.224 e. The van der Waals surface area contributed by atoms with Crippen LogP contribution in [0.25, 0.3) is 0 Å². The number of unbranched alkanes of at least 4 members (excludes halogenated alkanes) is 1. The summed E-state index contributed by atoms with van der Waals surface area (Å²) < 4.78 is 12.4. The fourth-order valence-electron chi connectivity index (χ4n) is 2.72. The first-order chi connectivity index (χ1) is 14.0. The first-order valence-corrected chi connectivity index (χ1v) is 10.0. The van der Waals surface area contributed by atoms with Crippen LogP contribution < -0.4 is 11.1 Å². The Kier molecular flexibility index (Phi) is 12.3. The molecule has 0 aliphatic rings. The van der Waals surface area contributed by atoms with E-state index in [0.717, 1.165) is 31.5 Å². The van der Waals surface area contributed by atoms with Crippen molar-refractivity contribution in [3.8, 4) is 0 Å². The number of carbonyl (C=O) groups excluding carboxylic acids is 1. The van der Waals surface area contributed by atoms with Gasteiger partial charge >= 0.3 is 0 Å². The Morgan fingerprint density at radius 3 is 2.41 bits per heavy atom. The van der Waals surface area contributed by atoms with E-state index in [1.54, 1.807) is 19.2 Å². The standard InChI is InChI=1S/C15H24N2.C9H10FNO/c1-3-4-8-12-17(2)13-11-15(16)14-9-6-5-7-10-14;1-11-9(12)6-7-2-4-8(10)5-3-7/h3,5-7,9-10,15H,1,4,8,11-13,16H2,2H3;2-5H,6H2,1H3,(H,11,12). The number of hydrogen-bond acceptors (Lipinski definition) is 3. The zero-order valence-corrected chi connectivity index (χ0v) is 17.6. The van der Waals surface area contributed by atoms with Gasteiger partial charge in [-0.3, -0.25) is 4.79 Å². The summed E-state index contributed by atoms with van der Waals surface area (Å²) in [5, 5.41) is 2.50. The van der Waals surface area contributed by atoms with Gasteiger partial charge in [-0.25, -0.2) is 4.39 Å². The van der Waals surface area contributed by atoms with Crippen molar-refractivity contribution in [3.63, 3.8) is 0 Å². The number of carbonyl (C=O) groups is 1. The minimum atomic E-state index is -0.282. The second kappa shape index (κ2) is 14.5. The van der Waals surface area contributed by atoms with E-state index in [2.05, 4.69) is 36.0 Å². The van der Waals surface area contributed by atoms with Crippen molar-refractivity contribution in [1.82, 2.24) is 10.2 Å². The molecular formula is C24H34FN3O. The van der Waals surface area contributed by atoms with Gasteiger partial charge in [0.05, 0.1) is 6.42 Å². The summed E-state index contributed by atoms with van der Waals surface area (Å²) in [5.41, 5.74) is 8.20. The molecule has 0 aliphatic heterocycles. The molecule has 0 spiro atoms. The lowest BCUT2D eigenvalue weighted by Crippen LogP contribution is -2.24. The highest BCUT2D eigenvalue weighted by atomic mass is 19.1. The molecule has 2 rings (SSSR count). The van der Waals surface area contributed by atoms with Gasteiger partial charge in [0, 0.05) is 13.1 Å². The highest BCUT2D eigenvalue weighted by molar-refractivity contribution is 5.78. The predicted molar refractivity (Wildman–Crippen MR) is 119 cm³/mol. The van der Waals surface area contributed by atoms with Crippen LogP contribution >= 0.6 is 0 Å². The molecule has 0 aliphatic carbocycles. The molecule has 4 nitrogen and oxygen atoms in total. The number of halogens is 1. The van der Waals surface area contributed by atoms with Gasteiger partial charge in [-0.15, -0.1) is 6.58 Å². The van der Waals surface area contributed by atoms with Gasteiger partial charge in [-0.1, -0.05) is 48.5 Å². The zero-order valence-electron chi connectivity index (χ0n) is 17.6. The number of benzene rings is 2. The average molecular weight is 400 g/mol. The lowest BCUT2D eigenvalue weighted by molar-refractivity contribution is -0.119. The summed E-state index contributed by atoms with van der Waals surface area (Å²) in [6.45, 7) is 5.90. The Morgan fingerprint density at radius 1 is 1.17 bits per heavy atom. The number of rotatable bonds is 10. The van der Waals surface area contributed by atoms with Crippen molar-refractivity contribution in [1.29, 1.82) is 0 Å². The SMILES string of the molecule is C=CCCCN(C)CCC(N)c1ccccc1.CNC(=O)Cc1ccc(F)cc1. The summed E-state index contributed by atoms with van der Waals surface area (Å²) in [6.07, 6.45) is 5.56. The third kappa shape index (κ3) is 11.2. The predicted octanol–water partition coefficient (Wildman–Crippen LogP) is 4.09. The number of nitrogens with one attached hydrogen (secondary N) is 1. The third-order valence-electron chi connectivity index (χ3n) is 4.55. The summed E-state index contributed by atoms with van der Waals surface area (Å²) in [5.74, 6) is -0.350. The van der Waals surface area contributed by atoms with Crippen LogP contribution in [0.15, 0.2) is 67.3 Å². The molecule has 3 N–H and O–H groups in total. The fraction of sp³-hybridized carbons (Fsp3) is 0.375. The van der Waals surface area contributed by atoms with E-state index in [-0.39, 0.29) is 17.8 Å². The summed E-state index contributed by atoms with van der Waals surface area (Å²) >= 11 is 0. The highest BCUT2D eigenvalue weighted by Crippen LogP contribution is 2.13. The van der Waals surface area contributed by atoms with Crippen LogP contribution in [0.2, 0.25) is 0 Å². The normalized spacial score (nSPS) is 11.3. The van der Waals surface area contributed by atoms with E-state index in [0.29, 0.717) is 6.42 Å². The van der Waals surface area contributed by atoms with Crippen molar-refractivity contribution in [2.75, 3.05) is 27.2 Å². The molecule has 158 valence electrons. The van der Waals surface area contributed by atoms with Crippen molar-refractivity contribution < 1.29 is 9.18 Å². The lowest BCUT2D eigenvalue weighted by Gasteiger charge is -2.19. The van der Waals surface area contributed by atoms with Gasteiger partial charge in [-0.05, 0) is 62.7 Å². The first-order valence-electron chi connectivity index (χ1n) is 10.0. The molecule has 0 saturated carbocycles. The molecule has 29 heavy (non-hydrogen) atoms. The van der Waals surface area contributed by atoms with Gasteiger partial charge < -0.3 is 16.0 Å². The van der Waals surface area contributed by atoms with Crippen LogP contribution in [-0.4, -0.2) is 38.0 Å². The number of amides is 1. The number of nitrogens with zero attached hydrogens (tertiary/aromatic N) is 1. The highest BCUT2D eigenvalue weighted by Gasteiger charge is 2.06. The van der Waals surface area contributed by atoms with E-state index in [1.165, 1.54) is 24.1 Å². The number of nitrogens with two attached hydrogens (primary N) is 1. The van der Waals surface area contributed by atoms with Crippen molar-refractivity contribution in [2.24, 2.45) is 5.73 Å². The molecule has 0 saturated heterocycles. The molecular weight excluding hydrogens is 365 g/mol. The summed E-state index contributed by atoms with van der Waals surface area (Å²) in [6, 6.07) is 16.4. The zero-order chi connectivity index (χ0) is 21.5. The van der Waals surface area contributed by atoms with Crippen LogP contribution in [0.4, 0.5) is 4.39 Å². The molecule has 0 heterocycles. The molecule has 0 radical (unpaired) electrons. The minimum absolute atomic E-state index is 0.0680. The molecule has 0 bridgehead atoms. The van der Waals surface area contributed by atoms with Crippen molar-refractivity contribution in [2.45, 2.75) is 31.7 Å². The Bertz CT molecular complexity index is 704. The molecule has 0 aromatic heterocycles. The molecule has 2 aromatic carbocycles. The lowest BCUT2D eigenvalue weighted by atomic mass is 10.0. The summed E-state index contributed by atoms with van der Waals surface area (Å²) in [7, 11) is 3.73. The van der Waals surface area contributed by atoms with Gasteiger partial charge in [0.2, 0.25) is 5.91 Å². The second-order valence-corrected chi connectivity index (χ2v) is 7.02. The number of allylic oxidation sites excluding steroid dienone is 1. The summed E-state index contributed by atoms with van der Waals surface area (Å²) in [4.78, 5) is 13.2. The van der Waals surface area contributed by atoms with Crippen LogP contribution in [0.3, 0.4) is 0 Å². The maximum absolute atomic E-state index is 12.4. The molecule has 2 aromatic rings. The Morgan fingerprint density at radius 2 is 1.83 bits per heavy atom. The van der Waals surface area contributed by atoms with Crippen LogP contribution in [0.5, 0.6) is 0 Å². The molecule has 1 atom stereocenters. The quantitative estimate of drug-likeness (QED) is 0.467. The minimum Gasteiger partial charge on any atom is -0.359 e. The monoisotopic (exact) mass is 399 g/mol. The topological polar surface area (TPSA) is 58.4 Å². The van der Waals surface area contributed by atoms with Gasteiger partial charge in [-0.2, -0.15) is 0 Å². The van der Waals surface area contributed by atoms with E-state index < -0.39 is 0 Å². The van der Waals surface area contributed by atoms with E-state index >= 15 is 0 Å². The van der Waals surface area contributed by atoms with Gasteiger partial charge in [0.15, 0.2) is 0 Å². The van der Waals surface area contributed by atoms with Crippen molar-refractivity contribution >= 4 is 5.91 Å².